The number of hydrogen-bond acceptors (Lipinski definition) is 3. The predicted octanol–water partition coefficient (Wildman–Crippen LogP) is 3.38. The van der Waals surface area contributed by atoms with Crippen molar-refractivity contribution in [3.63, 3.8) is 0 Å². The summed E-state index contributed by atoms with van der Waals surface area (Å²) >= 11 is 0. The molecule has 2 aliphatic rings. The summed E-state index contributed by atoms with van der Waals surface area (Å²) in [4.78, 5) is 12.0. The second kappa shape index (κ2) is 3.49. The van der Waals surface area contributed by atoms with Gasteiger partial charge in [-0.1, -0.05) is 12.5 Å². The second-order valence-electron chi connectivity index (χ2n) is 5.27. The average Bonchev–Trinajstić information content (AvgIpc) is 2.85. The van der Waals surface area contributed by atoms with Gasteiger partial charge in [0.2, 0.25) is 0 Å². The predicted molar refractivity (Wildman–Crippen MR) is 62.2 cm³/mol. The molecule has 1 saturated heterocycles. The Hall–Kier alpha value is -1.51. The molecule has 0 radical (unpaired) electrons. The van der Waals surface area contributed by atoms with Crippen LogP contribution in [0.25, 0.3) is 0 Å². The smallest absolute Gasteiger partial charge is 0.335 e. The van der Waals surface area contributed by atoms with Gasteiger partial charge in [-0.2, -0.15) is 0 Å². The molecule has 1 aliphatic heterocycles. The summed E-state index contributed by atoms with van der Waals surface area (Å²) in [6.45, 7) is 4.18. The van der Waals surface area contributed by atoms with Crippen LogP contribution in [0.2, 0.25) is 0 Å². The number of fused-ring (bicyclic) bond motifs is 1. The lowest BCUT2D eigenvalue weighted by molar-refractivity contribution is -0.140. The molecule has 2 atom stereocenters. The maximum atomic E-state index is 12.0. The molecule has 0 amide bonds. The molecule has 3 rings (SSSR count). The van der Waals surface area contributed by atoms with Crippen molar-refractivity contribution in [2.45, 2.75) is 39.2 Å². The van der Waals surface area contributed by atoms with Gasteiger partial charge in [0.25, 0.3) is 0 Å². The van der Waals surface area contributed by atoms with E-state index in [0.717, 1.165) is 30.4 Å². The third kappa shape index (κ3) is 1.38. The van der Waals surface area contributed by atoms with Crippen molar-refractivity contribution in [1.29, 1.82) is 0 Å². The lowest BCUT2D eigenvalue weighted by atomic mass is 9.68. The molecule has 0 N–H and O–H groups in total. The van der Waals surface area contributed by atoms with Crippen LogP contribution in [0.15, 0.2) is 34.2 Å². The molecule has 1 aliphatic carbocycles. The first-order valence-corrected chi connectivity index (χ1v) is 6.06. The molecule has 90 valence electrons. The molecule has 0 bridgehead atoms. The number of carbonyl (C=O) groups excluding carboxylic acids is 1. The maximum absolute atomic E-state index is 12.0. The Balaban J connectivity index is 2.11. The highest BCUT2D eigenvalue weighted by Gasteiger charge is 2.52. The molecule has 1 aromatic heterocycles. The summed E-state index contributed by atoms with van der Waals surface area (Å²) in [5, 5.41) is 0. The van der Waals surface area contributed by atoms with Crippen LogP contribution in [0, 0.1) is 5.41 Å². The van der Waals surface area contributed by atoms with E-state index in [1.165, 1.54) is 5.57 Å². The largest absolute Gasteiger partial charge is 0.472 e. The first kappa shape index (κ1) is 10.6. The quantitative estimate of drug-likeness (QED) is 0.697. The number of carbonyl (C=O) groups is 1. The maximum Gasteiger partial charge on any atom is 0.335 e. The fourth-order valence-corrected chi connectivity index (χ4v) is 3.28. The number of esters is 1. The van der Waals surface area contributed by atoms with E-state index in [4.69, 9.17) is 9.15 Å². The van der Waals surface area contributed by atoms with E-state index in [1.807, 2.05) is 13.0 Å². The van der Waals surface area contributed by atoms with E-state index >= 15 is 0 Å². The Bertz CT molecular complexity index is 484. The van der Waals surface area contributed by atoms with Crippen molar-refractivity contribution in [2.24, 2.45) is 5.41 Å². The average molecular weight is 232 g/mol. The number of cyclic esters (lactones) is 1. The van der Waals surface area contributed by atoms with Crippen molar-refractivity contribution in [2.75, 3.05) is 0 Å². The molecule has 2 heterocycles. The van der Waals surface area contributed by atoms with Crippen LogP contribution in [-0.4, -0.2) is 5.97 Å². The van der Waals surface area contributed by atoms with Gasteiger partial charge in [0.05, 0.1) is 12.5 Å². The van der Waals surface area contributed by atoms with E-state index in [0.29, 0.717) is 0 Å². The number of furan rings is 1. The summed E-state index contributed by atoms with van der Waals surface area (Å²) < 4.78 is 10.7. The van der Waals surface area contributed by atoms with E-state index in [1.54, 1.807) is 12.5 Å². The van der Waals surface area contributed by atoms with Crippen LogP contribution in [-0.2, 0) is 9.53 Å². The molecule has 0 unspecified atom stereocenters. The van der Waals surface area contributed by atoms with Gasteiger partial charge in [0.1, 0.15) is 6.10 Å². The molecule has 3 nitrogen and oxygen atoms in total. The molecule has 0 aromatic carbocycles. The second-order valence-corrected chi connectivity index (χ2v) is 5.27. The van der Waals surface area contributed by atoms with Crippen molar-refractivity contribution in [3.8, 4) is 0 Å². The zero-order valence-electron chi connectivity index (χ0n) is 10.2. The highest BCUT2D eigenvalue weighted by molar-refractivity contribution is 5.94. The van der Waals surface area contributed by atoms with Crippen LogP contribution < -0.4 is 0 Å². The SMILES string of the molecule is CC1=C2C(=O)O[C@H](c3ccoc3)[C@]2(C)CCC1. The molecule has 1 aromatic rings. The Labute approximate surface area is 100 Å². The van der Waals surface area contributed by atoms with Crippen molar-refractivity contribution in [1.82, 2.24) is 0 Å². The van der Waals surface area contributed by atoms with Crippen LogP contribution in [0.4, 0.5) is 0 Å². The number of hydrogen-bond donors (Lipinski definition) is 0. The van der Waals surface area contributed by atoms with Crippen LogP contribution in [0.3, 0.4) is 0 Å². The minimum Gasteiger partial charge on any atom is -0.472 e. The van der Waals surface area contributed by atoms with E-state index < -0.39 is 0 Å². The van der Waals surface area contributed by atoms with Gasteiger partial charge in [-0.3, -0.25) is 0 Å². The van der Waals surface area contributed by atoms with Crippen molar-refractivity contribution < 1.29 is 13.9 Å². The number of ether oxygens (including phenoxy) is 1. The van der Waals surface area contributed by atoms with Crippen LogP contribution >= 0.6 is 0 Å². The lowest BCUT2D eigenvalue weighted by Gasteiger charge is -2.33. The topological polar surface area (TPSA) is 39.4 Å². The summed E-state index contributed by atoms with van der Waals surface area (Å²) in [7, 11) is 0. The molecular formula is C14H16O3. The molecular weight excluding hydrogens is 216 g/mol. The summed E-state index contributed by atoms with van der Waals surface area (Å²) in [5.74, 6) is -0.143. The number of rotatable bonds is 1. The highest BCUT2D eigenvalue weighted by atomic mass is 16.6. The number of allylic oxidation sites excluding steroid dienone is 1. The third-order valence-corrected chi connectivity index (χ3v) is 4.10. The van der Waals surface area contributed by atoms with Crippen molar-refractivity contribution >= 4 is 5.97 Å². The van der Waals surface area contributed by atoms with Crippen LogP contribution in [0.5, 0.6) is 0 Å². The van der Waals surface area contributed by atoms with Crippen molar-refractivity contribution in [3.05, 3.63) is 35.3 Å². The zero-order chi connectivity index (χ0) is 12.0. The highest BCUT2D eigenvalue weighted by Crippen LogP contribution is 2.55. The Morgan fingerprint density at radius 3 is 3.00 bits per heavy atom. The Morgan fingerprint density at radius 1 is 1.47 bits per heavy atom. The lowest BCUT2D eigenvalue weighted by Crippen LogP contribution is -2.26. The van der Waals surface area contributed by atoms with Gasteiger partial charge in [0, 0.05) is 16.6 Å². The Morgan fingerprint density at radius 2 is 2.29 bits per heavy atom. The first-order valence-electron chi connectivity index (χ1n) is 6.06. The van der Waals surface area contributed by atoms with Gasteiger partial charge in [-0.25, -0.2) is 4.79 Å². The van der Waals surface area contributed by atoms with Gasteiger partial charge < -0.3 is 9.15 Å². The summed E-state index contributed by atoms with van der Waals surface area (Å²) in [5.41, 5.74) is 2.87. The normalized spacial score (nSPS) is 32.6. The fourth-order valence-electron chi connectivity index (χ4n) is 3.28. The molecule has 3 heteroatoms. The fraction of sp³-hybridized carbons (Fsp3) is 0.500. The Kier molecular flexibility index (Phi) is 2.18. The summed E-state index contributed by atoms with van der Waals surface area (Å²) in [6, 6.07) is 1.88. The van der Waals surface area contributed by atoms with Gasteiger partial charge in [-0.05, 0) is 32.3 Å². The molecule has 17 heavy (non-hydrogen) atoms. The van der Waals surface area contributed by atoms with Gasteiger partial charge in [0.15, 0.2) is 0 Å². The van der Waals surface area contributed by atoms with E-state index in [9.17, 15) is 4.79 Å². The van der Waals surface area contributed by atoms with E-state index in [2.05, 4.69) is 6.92 Å². The van der Waals surface area contributed by atoms with Gasteiger partial charge >= 0.3 is 5.97 Å². The first-order chi connectivity index (χ1) is 8.13. The minimum absolute atomic E-state index is 0.143. The molecule has 1 fully saturated rings. The minimum atomic E-state index is -0.181. The monoisotopic (exact) mass is 232 g/mol. The van der Waals surface area contributed by atoms with Crippen LogP contribution in [0.1, 0.15) is 44.8 Å². The molecule has 0 spiro atoms. The standard InChI is InChI=1S/C14H16O3/c1-9-4-3-6-14(2)11(9)13(15)17-12(14)10-5-7-16-8-10/h5,7-8,12H,3-4,6H2,1-2H3/t12-,14-/m1/s1. The zero-order valence-corrected chi connectivity index (χ0v) is 10.2. The summed E-state index contributed by atoms with van der Waals surface area (Å²) in [6.07, 6.45) is 6.26. The molecule has 0 saturated carbocycles. The third-order valence-electron chi connectivity index (χ3n) is 4.10. The van der Waals surface area contributed by atoms with E-state index in [-0.39, 0.29) is 17.5 Å². The van der Waals surface area contributed by atoms with Gasteiger partial charge in [-0.15, -0.1) is 0 Å².